The Morgan fingerprint density at radius 3 is 2.76 bits per heavy atom. The lowest BCUT2D eigenvalue weighted by Crippen LogP contribution is -2.55. The second-order valence-corrected chi connectivity index (χ2v) is 9.51. The molecule has 4 heteroatoms. The van der Waals surface area contributed by atoms with Gasteiger partial charge in [-0.3, -0.25) is 9.88 Å². The average Bonchev–Trinajstić information content (AvgIpc) is 2.91. The number of ether oxygens (including phenoxy) is 1. The molecule has 0 spiro atoms. The molecule has 1 unspecified atom stereocenters. The summed E-state index contributed by atoms with van der Waals surface area (Å²) in [6.07, 6.45) is 3.34. The fourth-order valence-corrected chi connectivity index (χ4v) is 5.74. The smallest absolute Gasteiger partial charge is 0.119 e. The molecule has 3 aromatic carbocycles. The minimum atomic E-state index is -0.560. The third-order valence-electron chi connectivity index (χ3n) is 7.62. The lowest BCUT2D eigenvalue weighted by molar-refractivity contribution is -0.0425. The summed E-state index contributed by atoms with van der Waals surface area (Å²) in [5, 5.41) is 14.9. The number of fused-ring (bicyclic) bond motifs is 5. The molecule has 3 aliphatic rings. The summed E-state index contributed by atoms with van der Waals surface area (Å²) in [6.45, 7) is 1.94. The number of aromatic nitrogens is 1. The third kappa shape index (κ3) is 3.81. The summed E-state index contributed by atoms with van der Waals surface area (Å²) in [7, 11) is 1.67. The number of benzene rings is 3. The highest BCUT2D eigenvalue weighted by Crippen LogP contribution is 2.41. The van der Waals surface area contributed by atoms with Crippen molar-refractivity contribution < 1.29 is 9.84 Å². The van der Waals surface area contributed by atoms with E-state index in [9.17, 15) is 5.11 Å². The molecule has 1 N–H and O–H groups in total. The molecule has 3 saturated heterocycles. The molecule has 4 nitrogen and oxygen atoms in total. The Morgan fingerprint density at radius 2 is 1.94 bits per heavy atom. The molecular weight excluding hydrogens is 420 g/mol. The molecule has 0 amide bonds. The molecule has 0 aliphatic carbocycles. The standard InChI is InChI=1S/C30H28N2O2/c1-34-25-10-11-28-27(18-25)26(12-14-31-28)30(33)29-17-23-13-15-32(29)19-24(23)9-7-20-6-8-21-4-2-3-5-22(21)16-20/h2-6,8,10-12,14,16,18,23-24,29-30,33H,13,15,17,19H2,1H3/t23-,24-,29+,30-/m0/s1. The van der Waals surface area contributed by atoms with Gasteiger partial charge in [-0.15, -0.1) is 0 Å². The van der Waals surface area contributed by atoms with Gasteiger partial charge in [-0.25, -0.2) is 0 Å². The second-order valence-electron chi connectivity index (χ2n) is 9.51. The van der Waals surface area contributed by atoms with Crippen LogP contribution in [0.1, 0.15) is 30.1 Å². The Kier molecular flexibility index (Phi) is 5.45. The molecule has 5 atom stereocenters. The van der Waals surface area contributed by atoms with Crippen molar-refractivity contribution in [3.63, 3.8) is 0 Å². The first-order valence-electron chi connectivity index (χ1n) is 12.0. The normalized spacial score (nSPS) is 24.5. The van der Waals surface area contributed by atoms with Crippen molar-refractivity contribution in [2.24, 2.45) is 11.8 Å². The van der Waals surface area contributed by atoms with E-state index in [1.807, 2.05) is 24.3 Å². The maximum Gasteiger partial charge on any atom is 0.119 e. The Hall–Kier alpha value is -3.39. The molecule has 2 bridgehead atoms. The zero-order valence-electron chi connectivity index (χ0n) is 19.3. The Labute approximate surface area is 200 Å². The predicted molar refractivity (Wildman–Crippen MR) is 136 cm³/mol. The van der Waals surface area contributed by atoms with Gasteiger partial charge in [0.15, 0.2) is 0 Å². The number of piperidine rings is 3. The van der Waals surface area contributed by atoms with Crippen LogP contribution in [0.3, 0.4) is 0 Å². The number of nitrogens with zero attached hydrogens (tertiary/aromatic N) is 2. The number of rotatable bonds is 3. The van der Waals surface area contributed by atoms with E-state index < -0.39 is 6.10 Å². The van der Waals surface area contributed by atoms with Crippen molar-refractivity contribution in [3.05, 3.63) is 84.1 Å². The maximum atomic E-state index is 11.5. The van der Waals surface area contributed by atoms with Crippen LogP contribution >= 0.6 is 0 Å². The summed E-state index contributed by atoms with van der Waals surface area (Å²) < 4.78 is 5.42. The molecule has 0 radical (unpaired) electrons. The number of hydrogen-bond donors (Lipinski definition) is 1. The molecule has 7 rings (SSSR count). The van der Waals surface area contributed by atoms with Gasteiger partial charge in [-0.05, 0) is 78.0 Å². The maximum absolute atomic E-state index is 11.5. The van der Waals surface area contributed by atoms with Gasteiger partial charge < -0.3 is 9.84 Å². The molecule has 1 aromatic heterocycles. The minimum Gasteiger partial charge on any atom is -0.497 e. The van der Waals surface area contributed by atoms with Crippen LogP contribution in [0.2, 0.25) is 0 Å². The number of aliphatic hydroxyl groups excluding tert-OH is 1. The highest BCUT2D eigenvalue weighted by molar-refractivity contribution is 5.84. The van der Waals surface area contributed by atoms with Crippen molar-refractivity contribution in [2.45, 2.75) is 25.0 Å². The van der Waals surface area contributed by atoms with Crippen molar-refractivity contribution in [3.8, 4) is 17.6 Å². The van der Waals surface area contributed by atoms with E-state index in [0.29, 0.717) is 11.8 Å². The topological polar surface area (TPSA) is 45.6 Å². The quantitative estimate of drug-likeness (QED) is 0.438. The molecule has 34 heavy (non-hydrogen) atoms. The summed E-state index contributed by atoms with van der Waals surface area (Å²) in [5.41, 5.74) is 2.89. The van der Waals surface area contributed by atoms with Gasteiger partial charge in [-0.2, -0.15) is 0 Å². The average molecular weight is 449 g/mol. The van der Waals surface area contributed by atoms with E-state index in [0.717, 1.165) is 53.7 Å². The van der Waals surface area contributed by atoms with E-state index in [1.54, 1.807) is 13.3 Å². The highest BCUT2D eigenvalue weighted by atomic mass is 16.5. The molecule has 4 aromatic rings. The van der Waals surface area contributed by atoms with Crippen molar-refractivity contribution in [2.75, 3.05) is 20.2 Å². The van der Waals surface area contributed by atoms with Crippen LogP contribution in [0.4, 0.5) is 0 Å². The number of pyridine rings is 1. The molecule has 3 aliphatic heterocycles. The SMILES string of the molecule is COc1ccc2nccc([C@H](O)[C@H]3C[C@@H]4CCN3C[C@@H]4C#Cc3ccc4ccccc4c3)c2c1. The molecule has 0 saturated carbocycles. The van der Waals surface area contributed by atoms with Gasteiger partial charge in [-0.1, -0.05) is 42.2 Å². The van der Waals surface area contributed by atoms with Crippen molar-refractivity contribution in [1.29, 1.82) is 0 Å². The number of hydrogen-bond acceptors (Lipinski definition) is 4. The molecular formula is C30H28N2O2. The third-order valence-corrected chi connectivity index (χ3v) is 7.62. The second kappa shape index (κ2) is 8.76. The van der Waals surface area contributed by atoms with Crippen LogP contribution in [0.5, 0.6) is 5.75 Å². The van der Waals surface area contributed by atoms with Crippen molar-refractivity contribution >= 4 is 21.7 Å². The van der Waals surface area contributed by atoms with Gasteiger partial charge >= 0.3 is 0 Å². The molecule has 3 fully saturated rings. The van der Waals surface area contributed by atoms with E-state index in [1.165, 1.54) is 10.8 Å². The van der Waals surface area contributed by atoms with Crippen molar-refractivity contribution in [1.82, 2.24) is 9.88 Å². The molecule has 4 heterocycles. The Bertz CT molecular complexity index is 1420. The van der Waals surface area contributed by atoms with Gasteiger partial charge in [0, 0.05) is 35.7 Å². The Balaban J connectivity index is 1.23. The summed E-state index contributed by atoms with van der Waals surface area (Å²) >= 11 is 0. The monoisotopic (exact) mass is 448 g/mol. The van der Waals surface area contributed by atoms with Crippen LogP contribution in [-0.4, -0.2) is 41.2 Å². The summed E-state index contributed by atoms with van der Waals surface area (Å²) in [4.78, 5) is 6.92. The van der Waals surface area contributed by atoms with E-state index in [2.05, 4.69) is 64.2 Å². The van der Waals surface area contributed by atoms with Gasteiger partial charge in [0.25, 0.3) is 0 Å². The highest BCUT2D eigenvalue weighted by Gasteiger charge is 2.42. The van der Waals surface area contributed by atoms with Crippen LogP contribution in [0.15, 0.2) is 72.9 Å². The van der Waals surface area contributed by atoms with E-state index >= 15 is 0 Å². The van der Waals surface area contributed by atoms with Crippen LogP contribution in [0, 0.1) is 23.7 Å². The lowest BCUT2D eigenvalue weighted by atomic mass is 9.73. The van der Waals surface area contributed by atoms with E-state index in [-0.39, 0.29) is 6.04 Å². The van der Waals surface area contributed by atoms with Gasteiger partial charge in [0.05, 0.1) is 18.7 Å². The summed E-state index contributed by atoms with van der Waals surface area (Å²) in [5.74, 6) is 8.66. The number of methoxy groups -OCH3 is 1. The van der Waals surface area contributed by atoms with Crippen LogP contribution in [0.25, 0.3) is 21.7 Å². The summed E-state index contributed by atoms with van der Waals surface area (Å²) in [6, 6.07) is 22.8. The zero-order valence-corrected chi connectivity index (χ0v) is 19.3. The van der Waals surface area contributed by atoms with Crippen LogP contribution in [-0.2, 0) is 0 Å². The van der Waals surface area contributed by atoms with Crippen LogP contribution < -0.4 is 4.74 Å². The minimum absolute atomic E-state index is 0.106. The largest absolute Gasteiger partial charge is 0.497 e. The molecule has 170 valence electrons. The Morgan fingerprint density at radius 1 is 1.06 bits per heavy atom. The lowest BCUT2D eigenvalue weighted by Gasteiger charge is -2.50. The first-order chi connectivity index (χ1) is 16.7. The first-order valence-corrected chi connectivity index (χ1v) is 12.0. The predicted octanol–water partition coefficient (Wildman–Crippen LogP) is 5.19. The van der Waals surface area contributed by atoms with Gasteiger partial charge in [0.1, 0.15) is 5.75 Å². The fourth-order valence-electron chi connectivity index (χ4n) is 5.74. The zero-order chi connectivity index (χ0) is 23.1. The fraction of sp³-hybridized carbons (Fsp3) is 0.300. The van der Waals surface area contributed by atoms with E-state index in [4.69, 9.17) is 4.74 Å². The van der Waals surface area contributed by atoms with Gasteiger partial charge in [0.2, 0.25) is 0 Å². The number of aliphatic hydroxyl groups is 1. The first kappa shape index (κ1) is 21.2.